The average molecular weight is 626 g/mol. The highest BCUT2D eigenvalue weighted by Crippen LogP contribution is 2.21. The largest absolute Gasteiger partial charge is 0.497 e. The van der Waals surface area contributed by atoms with Gasteiger partial charge in [0, 0.05) is 26.2 Å². The van der Waals surface area contributed by atoms with Crippen LogP contribution in [0.15, 0.2) is 77.7 Å². The zero-order valence-corrected chi connectivity index (χ0v) is 26.0. The van der Waals surface area contributed by atoms with Crippen LogP contribution in [0.5, 0.6) is 17.2 Å². The van der Waals surface area contributed by atoms with Crippen molar-refractivity contribution in [1.29, 1.82) is 0 Å². The summed E-state index contributed by atoms with van der Waals surface area (Å²) in [6.45, 7) is 3.22. The van der Waals surface area contributed by atoms with Crippen molar-refractivity contribution < 1.29 is 37.0 Å². The molecule has 2 amide bonds. The smallest absolute Gasteiger partial charge is 0.261 e. The minimum absolute atomic E-state index is 0.138. The number of ether oxygens (including phenoxy) is 4. The molecule has 1 saturated heterocycles. The number of nitrogens with zero attached hydrogens (tertiary/aromatic N) is 2. The van der Waals surface area contributed by atoms with Crippen molar-refractivity contribution in [2.45, 2.75) is 30.8 Å². The van der Waals surface area contributed by atoms with E-state index < -0.39 is 22.0 Å². The van der Waals surface area contributed by atoms with Crippen LogP contribution in [0.3, 0.4) is 0 Å². The topological polar surface area (TPSA) is 124 Å². The van der Waals surface area contributed by atoms with Crippen LogP contribution in [-0.2, 0) is 37.3 Å². The minimum Gasteiger partial charge on any atom is -0.497 e. The van der Waals surface area contributed by atoms with Crippen molar-refractivity contribution in [3.05, 3.63) is 83.9 Å². The van der Waals surface area contributed by atoms with Gasteiger partial charge in [0.1, 0.15) is 23.3 Å². The van der Waals surface area contributed by atoms with E-state index in [1.54, 1.807) is 33.3 Å². The van der Waals surface area contributed by atoms with E-state index in [4.69, 9.17) is 18.9 Å². The van der Waals surface area contributed by atoms with Gasteiger partial charge in [0.25, 0.3) is 5.91 Å². The molecule has 1 unspecified atom stereocenters. The van der Waals surface area contributed by atoms with Gasteiger partial charge in [-0.05, 0) is 73.0 Å². The molecule has 3 aromatic carbocycles. The highest BCUT2D eigenvalue weighted by Gasteiger charge is 2.28. The summed E-state index contributed by atoms with van der Waals surface area (Å²) < 4.78 is 48.6. The molecular formula is C32H39N3O8S. The Hall–Kier alpha value is -4.13. The molecule has 0 aromatic heterocycles. The number of hydrogen-bond donors (Lipinski definition) is 1. The van der Waals surface area contributed by atoms with E-state index in [0.29, 0.717) is 50.8 Å². The van der Waals surface area contributed by atoms with Crippen LogP contribution in [0.4, 0.5) is 0 Å². The Balaban J connectivity index is 1.39. The van der Waals surface area contributed by atoms with Gasteiger partial charge in [-0.25, -0.2) is 8.42 Å². The van der Waals surface area contributed by atoms with E-state index in [9.17, 15) is 18.0 Å². The number of morpholine rings is 1. The second-order valence-electron chi connectivity index (χ2n) is 10.2. The van der Waals surface area contributed by atoms with E-state index >= 15 is 0 Å². The molecule has 1 aliphatic heterocycles. The zero-order chi connectivity index (χ0) is 31.5. The lowest BCUT2D eigenvalue weighted by Gasteiger charge is -2.29. The lowest BCUT2D eigenvalue weighted by atomic mass is 10.1. The molecule has 1 N–H and O–H groups in total. The number of nitrogens with one attached hydrogen (secondary N) is 1. The first-order valence-corrected chi connectivity index (χ1v) is 15.8. The molecule has 0 radical (unpaired) electrons. The summed E-state index contributed by atoms with van der Waals surface area (Å²) >= 11 is 0. The molecule has 44 heavy (non-hydrogen) atoms. The monoisotopic (exact) mass is 625 g/mol. The van der Waals surface area contributed by atoms with Gasteiger partial charge in [0.2, 0.25) is 15.9 Å². The Morgan fingerprint density at radius 3 is 1.98 bits per heavy atom. The summed E-state index contributed by atoms with van der Waals surface area (Å²) in [4.78, 5) is 28.2. The zero-order valence-electron chi connectivity index (χ0n) is 25.2. The Labute approximate surface area is 258 Å². The summed E-state index contributed by atoms with van der Waals surface area (Å²) in [7, 11) is -0.467. The van der Waals surface area contributed by atoms with Crippen molar-refractivity contribution in [3.63, 3.8) is 0 Å². The number of sulfonamides is 1. The van der Waals surface area contributed by atoms with Gasteiger partial charge in [0.05, 0.1) is 32.3 Å². The molecular weight excluding hydrogens is 586 g/mol. The van der Waals surface area contributed by atoms with Crippen molar-refractivity contribution in [2.75, 3.05) is 53.7 Å². The fraction of sp³-hybridized carbons (Fsp3) is 0.375. The highest BCUT2D eigenvalue weighted by molar-refractivity contribution is 7.89. The molecule has 0 bridgehead atoms. The van der Waals surface area contributed by atoms with Crippen LogP contribution in [0.1, 0.15) is 18.1 Å². The van der Waals surface area contributed by atoms with Crippen LogP contribution in [0, 0.1) is 0 Å². The molecule has 0 spiro atoms. The number of methoxy groups -OCH3 is 2. The maximum Gasteiger partial charge on any atom is 0.261 e. The molecule has 1 aliphatic rings. The Kier molecular flexibility index (Phi) is 11.6. The summed E-state index contributed by atoms with van der Waals surface area (Å²) in [5.74, 6) is 1.08. The molecule has 4 rings (SSSR count). The van der Waals surface area contributed by atoms with Crippen LogP contribution in [-0.4, -0.2) is 89.2 Å². The lowest BCUT2D eigenvalue weighted by Crippen LogP contribution is -2.49. The summed E-state index contributed by atoms with van der Waals surface area (Å²) in [6, 6.07) is 20.0. The van der Waals surface area contributed by atoms with Gasteiger partial charge in [-0.1, -0.05) is 24.3 Å². The molecule has 1 fully saturated rings. The molecule has 0 aliphatic carbocycles. The van der Waals surface area contributed by atoms with E-state index in [1.165, 1.54) is 33.5 Å². The van der Waals surface area contributed by atoms with Crippen molar-refractivity contribution >= 4 is 21.8 Å². The standard InChI is InChI=1S/C32H39N3O8S/c1-24(32(37)33-17-16-25-4-8-27(40-2)9-5-25)35(22-26-6-10-28(41-3)11-7-26)31(36)23-43-29-12-14-30(15-13-29)44(38,39)34-18-20-42-21-19-34/h4-15,24H,16-23H2,1-3H3,(H,33,37). The number of carbonyl (C=O) groups is 2. The molecule has 236 valence electrons. The normalized spacial score (nSPS) is 14.3. The van der Waals surface area contributed by atoms with E-state index in [0.717, 1.165) is 16.9 Å². The molecule has 0 saturated carbocycles. The van der Waals surface area contributed by atoms with Gasteiger partial charge < -0.3 is 29.2 Å². The van der Waals surface area contributed by atoms with Crippen molar-refractivity contribution in [3.8, 4) is 17.2 Å². The molecule has 12 heteroatoms. The van der Waals surface area contributed by atoms with Crippen LogP contribution < -0.4 is 19.5 Å². The van der Waals surface area contributed by atoms with Gasteiger partial charge >= 0.3 is 0 Å². The van der Waals surface area contributed by atoms with Gasteiger partial charge in [-0.3, -0.25) is 9.59 Å². The molecule has 1 atom stereocenters. The maximum atomic E-state index is 13.4. The van der Waals surface area contributed by atoms with Gasteiger partial charge in [-0.15, -0.1) is 0 Å². The Morgan fingerprint density at radius 2 is 1.41 bits per heavy atom. The average Bonchev–Trinajstić information content (AvgIpc) is 3.07. The van der Waals surface area contributed by atoms with Gasteiger partial charge in [0.15, 0.2) is 6.61 Å². The highest BCUT2D eigenvalue weighted by atomic mass is 32.2. The van der Waals surface area contributed by atoms with E-state index in [2.05, 4.69) is 5.32 Å². The second-order valence-corrected chi connectivity index (χ2v) is 12.1. The third-order valence-corrected chi connectivity index (χ3v) is 9.26. The van der Waals surface area contributed by atoms with Crippen molar-refractivity contribution in [1.82, 2.24) is 14.5 Å². The van der Waals surface area contributed by atoms with E-state index in [-0.39, 0.29) is 24.0 Å². The Bertz CT molecular complexity index is 1470. The Morgan fingerprint density at radius 1 is 0.864 bits per heavy atom. The quantitative estimate of drug-likeness (QED) is 0.290. The fourth-order valence-electron chi connectivity index (χ4n) is 4.65. The van der Waals surface area contributed by atoms with Gasteiger partial charge in [-0.2, -0.15) is 4.31 Å². The minimum atomic E-state index is -3.65. The first-order chi connectivity index (χ1) is 21.2. The van der Waals surface area contributed by atoms with Crippen LogP contribution in [0.25, 0.3) is 0 Å². The summed E-state index contributed by atoms with van der Waals surface area (Å²) in [5, 5.41) is 2.93. The molecule has 11 nitrogen and oxygen atoms in total. The first-order valence-electron chi connectivity index (χ1n) is 14.3. The summed E-state index contributed by atoms with van der Waals surface area (Å²) in [5.41, 5.74) is 1.86. The fourth-order valence-corrected chi connectivity index (χ4v) is 6.06. The van der Waals surface area contributed by atoms with Crippen LogP contribution in [0.2, 0.25) is 0 Å². The second kappa shape index (κ2) is 15.6. The predicted octanol–water partition coefficient (Wildman–Crippen LogP) is 2.88. The third kappa shape index (κ3) is 8.71. The number of benzene rings is 3. The predicted molar refractivity (Wildman–Crippen MR) is 164 cm³/mol. The maximum absolute atomic E-state index is 13.4. The SMILES string of the molecule is COc1ccc(CCNC(=O)C(C)N(Cc2ccc(OC)cc2)C(=O)COc2ccc(S(=O)(=O)N3CCOCC3)cc2)cc1. The number of rotatable bonds is 14. The number of amides is 2. The van der Waals surface area contributed by atoms with Crippen molar-refractivity contribution in [2.24, 2.45) is 0 Å². The molecule has 3 aromatic rings. The number of hydrogen-bond acceptors (Lipinski definition) is 8. The first kappa shape index (κ1) is 32.8. The molecule has 1 heterocycles. The number of carbonyl (C=O) groups excluding carboxylic acids is 2. The van der Waals surface area contributed by atoms with Crippen LogP contribution >= 0.6 is 0 Å². The lowest BCUT2D eigenvalue weighted by molar-refractivity contribution is -0.142. The van der Waals surface area contributed by atoms with E-state index in [1.807, 2.05) is 36.4 Å². The summed E-state index contributed by atoms with van der Waals surface area (Å²) in [6.07, 6.45) is 0.620. The third-order valence-electron chi connectivity index (χ3n) is 7.35.